The van der Waals surface area contributed by atoms with Crippen LogP contribution in [0.3, 0.4) is 0 Å². The lowest BCUT2D eigenvalue weighted by Gasteiger charge is -2.12. The second-order valence-corrected chi connectivity index (χ2v) is 7.27. The van der Waals surface area contributed by atoms with Gasteiger partial charge in [0.05, 0.1) is 10.7 Å². The van der Waals surface area contributed by atoms with Crippen LogP contribution in [0.1, 0.15) is 0 Å². The number of hydrogen-bond donors (Lipinski definition) is 1. The molecule has 1 aromatic carbocycles. The average Bonchev–Trinajstić information content (AvgIpc) is 2.34. The molecule has 19 heavy (non-hydrogen) atoms. The fourth-order valence-electron chi connectivity index (χ4n) is 1.35. The highest BCUT2D eigenvalue weighted by Crippen LogP contribution is 2.33. The van der Waals surface area contributed by atoms with Crippen LogP contribution in [0.4, 0.5) is 5.69 Å². The summed E-state index contributed by atoms with van der Waals surface area (Å²) in [6, 6.07) is 6.66. The molecular weight excluding hydrogens is 419 g/mol. The molecule has 1 heterocycles. The van der Waals surface area contributed by atoms with Crippen molar-refractivity contribution in [2.24, 2.45) is 0 Å². The SMILES string of the molecule is O=S(=O)(Nc1c(Br)cccc1Br)c1cnccc1Cl. The first kappa shape index (κ1) is 14.8. The van der Waals surface area contributed by atoms with Crippen molar-refractivity contribution in [3.05, 3.63) is 50.6 Å². The normalized spacial score (nSPS) is 11.3. The lowest BCUT2D eigenvalue weighted by atomic mass is 10.3. The van der Waals surface area contributed by atoms with Gasteiger partial charge in [0, 0.05) is 21.3 Å². The summed E-state index contributed by atoms with van der Waals surface area (Å²) in [7, 11) is -3.79. The summed E-state index contributed by atoms with van der Waals surface area (Å²) in [5.74, 6) is 0. The molecule has 2 aromatic rings. The summed E-state index contributed by atoms with van der Waals surface area (Å²) in [4.78, 5) is 3.70. The number of pyridine rings is 1. The van der Waals surface area contributed by atoms with Gasteiger partial charge in [0.2, 0.25) is 0 Å². The van der Waals surface area contributed by atoms with Crippen molar-refractivity contribution in [1.29, 1.82) is 0 Å². The van der Waals surface area contributed by atoms with E-state index in [4.69, 9.17) is 11.6 Å². The summed E-state index contributed by atoms with van der Waals surface area (Å²) in [5.41, 5.74) is 0.405. The average molecular weight is 427 g/mol. The van der Waals surface area contributed by atoms with E-state index in [0.29, 0.717) is 14.6 Å². The molecular formula is C11H7Br2ClN2O2S. The van der Waals surface area contributed by atoms with Gasteiger partial charge in [-0.1, -0.05) is 17.7 Å². The maximum Gasteiger partial charge on any atom is 0.264 e. The standard InChI is InChI=1S/C11H7Br2ClN2O2S/c12-7-2-1-3-8(13)11(7)16-19(17,18)10-6-15-5-4-9(10)14/h1-6,16H. The van der Waals surface area contributed by atoms with E-state index in [-0.39, 0.29) is 9.92 Å². The first-order chi connectivity index (χ1) is 8.92. The number of aromatic nitrogens is 1. The Balaban J connectivity index is 2.46. The largest absolute Gasteiger partial charge is 0.277 e. The van der Waals surface area contributed by atoms with Crippen molar-refractivity contribution in [2.75, 3.05) is 4.72 Å². The van der Waals surface area contributed by atoms with Crippen molar-refractivity contribution < 1.29 is 8.42 Å². The monoisotopic (exact) mass is 424 g/mol. The molecule has 1 N–H and O–H groups in total. The van der Waals surface area contributed by atoms with Gasteiger partial charge >= 0.3 is 0 Å². The van der Waals surface area contributed by atoms with Crippen molar-refractivity contribution >= 4 is 59.2 Å². The van der Waals surface area contributed by atoms with E-state index in [9.17, 15) is 8.42 Å². The van der Waals surface area contributed by atoms with Crippen LogP contribution in [0.15, 0.2) is 50.5 Å². The molecule has 0 unspecified atom stereocenters. The number of halogens is 3. The van der Waals surface area contributed by atoms with Crippen LogP contribution >= 0.6 is 43.5 Å². The first-order valence-corrected chi connectivity index (χ1v) is 8.43. The van der Waals surface area contributed by atoms with Gasteiger partial charge in [-0.3, -0.25) is 9.71 Å². The van der Waals surface area contributed by atoms with Crippen LogP contribution in [0.5, 0.6) is 0 Å². The van der Waals surface area contributed by atoms with Crippen molar-refractivity contribution in [3.8, 4) is 0 Å². The van der Waals surface area contributed by atoms with Crippen LogP contribution in [0.2, 0.25) is 5.02 Å². The predicted octanol–water partition coefficient (Wildman–Crippen LogP) is 4.06. The molecule has 0 aliphatic carbocycles. The van der Waals surface area contributed by atoms with E-state index < -0.39 is 10.0 Å². The fourth-order valence-corrected chi connectivity index (χ4v) is 4.34. The van der Waals surface area contributed by atoms with Crippen LogP contribution < -0.4 is 4.72 Å². The number of anilines is 1. The predicted molar refractivity (Wildman–Crippen MR) is 81.9 cm³/mol. The lowest BCUT2D eigenvalue weighted by Crippen LogP contribution is -2.14. The molecule has 0 aliphatic rings. The van der Waals surface area contributed by atoms with Crippen LogP contribution in [-0.2, 0) is 10.0 Å². The minimum atomic E-state index is -3.79. The quantitative estimate of drug-likeness (QED) is 0.805. The second-order valence-electron chi connectivity index (χ2n) is 3.51. The zero-order valence-corrected chi connectivity index (χ0v) is 14.0. The molecule has 0 saturated heterocycles. The highest BCUT2D eigenvalue weighted by Gasteiger charge is 2.20. The van der Waals surface area contributed by atoms with Gasteiger partial charge in [-0.05, 0) is 50.1 Å². The Morgan fingerprint density at radius 3 is 2.37 bits per heavy atom. The fraction of sp³-hybridized carbons (Fsp3) is 0. The molecule has 4 nitrogen and oxygen atoms in total. The smallest absolute Gasteiger partial charge is 0.264 e. The van der Waals surface area contributed by atoms with Gasteiger partial charge in [-0.15, -0.1) is 0 Å². The molecule has 0 amide bonds. The van der Waals surface area contributed by atoms with Crippen LogP contribution in [0.25, 0.3) is 0 Å². The molecule has 100 valence electrons. The molecule has 0 spiro atoms. The number of nitrogens with zero attached hydrogens (tertiary/aromatic N) is 1. The Hall–Kier alpha value is -0.630. The van der Waals surface area contributed by atoms with Crippen molar-refractivity contribution in [3.63, 3.8) is 0 Å². The number of rotatable bonds is 3. The maximum atomic E-state index is 12.2. The first-order valence-electron chi connectivity index (χ1n) is 4.98. The minimum Gasteiger partial charge on any atom is -0.277 e. The van der Waals surface area contributed by atoms with Gasteiger partial charge in [0.1, 0.15) is 4.90 Å². The van der Waals surface area contributed by atoms with E-state index >= 15 is 0 Å². The second kappa shape index (κ2) is 5.78. The number of benzene rings is 1. The Morgan fingerprint density at radius 2 is 1.79 bits per heavy atom. The van der Waals surface area contributed by atoms with Gasteiger partial charge in [0.15, 0.2) is 0 Å². The summed E-state index contributed by atoms with van der Waals surface area (Å²) >= 11 is 12.4. The Bertz CT molecular complexity index is 702. The van der Waals surface area contributed by atoms with Crippen LogP contribution in [-0.4, -0.2) is 13.4 Å². The maximum absolute atomic E-state index is 12.2. The molecule has 0 radical (unpaired) electrons. The zero-order chi connectivity index (χ0) is 14.0. The zero-order valence-electron chi connectivity index (χ0n) is 9.27. The highest BCUT2D eigenvalue weighted by molar-refractivity contribution is 9.11. The Labute approximate surface area is 132 Å². The number of para-hydroxylation sites is 1. The number of hydrogen-bond acceptors (Lipinski definition) is 3. The molecule has 0 bridgehead atoms. The van der Waals surface area contributed by atoms with E-state index in [2.05, 4.69) is 41.6 Å². The molecule has 0 saturated carbocycles. The Morgan fingerprint density at radius 1 is 1.16 bits per heavy atom. The van der Waals surface area contributed by atoms with E-state index in [1.54, 1.807) is 18.2 Å². The van der Waals surface area contributed by atoms with Gasteiger partial charge in [-0.25, -0.2) is 8.42 Å². The van der Waals surface area contributed by atoms with E-state index in [1.807, 2.05) is 0 Å². The van der Waals surface area contributed by atoms with Crippen LogP contribution in [0, 0.1) is 0 Å². The molecule has 8 heteroatoms. The topological polar surface area (TPSA) is 59.1 Å². The van der Waals surface area contributed by atoms with Gasteiger partial charge in [-0.2, -0.15) is 0 Å². The van der Waals surface area contributed by atoms with E-state index in [1.165, 1.54) is 18.5 Å². The summed E-state index contributed by atoms with van der Waals surface area (Å²) < 4.78 is 28.2. The van der Waals surface area contributed by atoms with Crippen molar-refractivity contribution in [2.45, 2.75) is 4.90 Å². The van der Waals surface area contributed by atoms with Gasteiger partial charge in [0.25, 0.3) is 10.0 Å². The lowest BCUT2D eigenvalue weighted by molar-refractivity contribution is 0.601. The minimum absolute atomic E-state index is 0.0701. The summed E-state index contributed by atoms with van der Waals surface area (Å²) in [5, 5.41) is 0.116. The third-order valence-electron chi connectivity index (χ3n) is 2.22. The number of nitrogens with one attached hydrogen (secondary N) is 1. The van der Waals surface area contributed by atoms with Crippen molar-refractivity contribution in [1.82, 2.24) is 4.98 Å². The highest BCUT2D eigenvalue weighted by atomic mass is 79.9. The molecule has 2 rings (SSSR count). The molecule has 0 atom stereocenters. The molecule has 0 aliphatic heterocycles. The summed E-state index contributed by atoms with van der Waals surface area (Å²) in [6.07, 6.45) is 2.63. The third-order valence-corrected chi connectivity index (χ3v) is 5.36. The summed E-state index contributed by atoms with van der Waals surface area (Å²) in [6.45, 7) is 0. The molecule has 0 fully saturated rings. The Kier molecular flexibility index (Phi) is 4.50. The van der Waals surface area contributed by atoms with Gasteiger partial charge < -0.3 is 0 Å². The number of sulfonamides is 1. The van der Waals surface area contributed by atoms with E-state index in [0.717, 1.165) is 0 Å². The molecule has 1 aromatic heterocycles. The third kappa shape index (κ3) is 3.28.